The molecule has 0 unspecified atom stereocenters. The van der Waals surface area contributed by atoms with Crippen LogP contribution in [-0.4, -0.2) is 74.2 Å². The zero-order chi connectivity index (χ0) is 37.7. The van der Waals surface area contributed by atoms with Crippen LogP contribution in [0, 0.1) is 0 Å². The lowest BCUT2D eigenvalue weighted by Crippen LogP contribution is -2.27. The van der Waals surface area contributed by atoms with E-state index in [-0.39, 0.29) is 0 Å². The van der Waals surface area contributed by atoms with E-state index in [1.807, 2.05) is 0 Å². The molecule has 52 heavy (non-hydrogen) atoms. The molecule has 6 nitrogen and oxygen atoms in total. The Kier molecular flexibility index (Phi) is 33.4. The summed E-state index contributed by atoms with van der Waals surface area (Å²) in [6.07, 6.45) is 34.3. The van der Waals surface area contributed by atoms with E-state index in [0.29, 0.717) is 24.3 Å². The monoisotopic (exact) mass is 729 g/mol. The van der Waals surface area contributed by atoms with Gasteiger partial charge in [0, 0.05) is 13.1 Å². The summed E-state index contributed by atoms with van der Waals surface area (Å²) in [5.41, 5.74) is 0.581. The van der Waals surface area contributed by atoms with E-state index < -0.39 is 11.9 Å². The first-order chi connectivity index (χ1) is 25.6. The van der Waals surface area contributed by atoms with Crippen LogP contribution in [0.4, 0.5) is 0 Å². The lowest BCUT2D eigenvalue weighted by atomic mass is 10.1. The second-order valence-corrected chi connectivity index (χ2v) is 15.2. The topological polar surface area (TPSA) is 59.1 Å². The van der Waals surface area contributed by atoms with E-state index in [1.54, 1.807) is 24.3 Å². The van der Waals surface area contributed by atoms with E-state index in [1.165, 1.54) is 154 Å². The van der Waals surface area contributed by atoms with Gasteiger partial charge >= 0.3 is 11.9 Å². The average molecular weight is 729 g/mol. The van der Waals surface area contributed by atoms with Gasteiger partial charge in [-0.1, -0.05) is 181 Å². The van der Waals surface area contributed by atoms with Crippen LogP contribution >= 0.6 is 0 Å². The summed E-state index contributed by atoms with van der Waals surface area (Å²) in [5.74, 6) is -0.896. The molecule has 0 heterocycles. The second kappa shape index (κ2) is 36.1. The molecule has 0 N–H and O–H groups in total. The van der Waals surface area contributed by atoms with Gasteiger partial charge in [-0.25, -0.2) is 9.59 Å². The summed E-state index contributed by atoms with van der Waals surface area (Å²) < 4.78 is 11.2. The highest BCUT2D eigenvalue weighted by atomic mass is 16.5. The minimum absolute atomic E-state index is 0.290. The van der Waals surface area contributed by atoms with E-state index >= 15 is 0 Å². The maximum Gasteiger partial charge on any atom is 0.339 e. The predicted molar refractivity (Wildman–Crippen MR) is 223 cm³/mol. The lowest BCUT2D eigenvalue weighted by molar-refractivity contribution is 0.0441. The molecular formula is C46H84N2O4. The average Bonchev–Trinajstić information content (AvgIpc) is 3.17. The van der Waals surface area contributed by atoms with Crippen molar-refractivity contribution in [3.63, 3.8) is 0 Å². The van der Waals surface area contributed by atoms with Gasteiger partial charge < -0.3 is 19.3 Å². The zero-order valence-electron chi connectivity index (χ0n) is 34.9. The van der Waals surface area contributed by atoms with Gasteiger partial charge in [0.25, 0.3) is 0 Å². The lowest BCUT2D eigenvalue weighted by Gasteiger charge is -2.20. The van der Waals surface area contributed by atoms with E-state index in [4.69, 9.17) is 9.47 Å². The van der Waals surface area contributed by atoms with Crippen LogP contribution in [0.2, 0.25) is 0 Å². The number of carbonyl (C=O) groups is 2. The molecule has 0 amide bonds. The van der Waals surface area contributed by atoms with E-state index in [2.05, 4.69) is 37.5 Å². The number of hydrogen-bond acceptors (Lipinski definition) is 6. The van der Waals surface area contributed by atoms with E-state index in [9.17, 15) is 9.59 Å². The smallest absolute Gasteiger partial charge is 0.339 e. The molecule has 0 bridgehead atoms. The zero-order valence-corrected chi connectivity index (χ0v) is 34.9. The number of nitrogens with zero attached hydrogens (tertiary/aromatic N) is 2. The van der Waals surface area contributed by atoms with Crippen molar-refractivity contribution >= 4 is 11.9 Å². The normalized spacial score (nSPS) is 11.5. The van der Waals surface area contributed by atoms with Crippen LogP contribution in [0.3, 0.4) is 0 Å². The summed E-state index contributed by atoms with van der Waals surface area (Å²) in [4.78, 5) is 30.8. The summed E-state index contributed by atoms with van der Waals surface area (Å²) in [6.45, 7) is 15.7. The number of ether oxygens (including phenoxy) is 2. The Balaban J connectivity index is 2.18. The fraction of sp³-hybridized carbons (Fsp3) is 0.826. The molecule has 1 aromatic rings. The highest BCUT2D eigenvalue weighted by Crippen LogP contribution is 2.15. The number of hydrogen-bond donors (Lipinski definition) is 0. The quantitative estimate of drug-likeness (QED) is 0.0499. The highest BCUT2D eigenvalue weighted by molar-refractivity contribution is 6.03. The number of esters is 2. The third kappa shape index (κ3) is 26.8. The fourth-order valence-corrected chi connectivity index (χ4v) is 7.11. The summed E-state index contributed by atoms with van der Waals surface area (Å²) in [7, 11) is 0. The molecule has 0 aromatic heterocycles. The standard InChI is InChI=1S/C46H84N2O4/c1-5-9-11-13-15-17-19-21-23-25-27-31-37-47(7-3)39-33-41-51-45(49)43-35-29-30-36-44(43)46(50)52-42-34-40-48(8-4)38-32-28-26-24-22-20-18-16-14-12-10-6-2/h29-30,35-36H,5-28,31-34,37-42H2,1-4H3. The van der Waals surface area contributed by atoms with Crippen LogP contribution in [-0.2, 0) is 9.47 Å². The molecule has 1 rings (SSSR count). The van der Waals surface area contributed by atoms with Gasteiger partial charge in [0.2, 0.25) is 0 Å². The molecule has 0 saturated heterocycles. The van der Waals surface area contributed by atoms with Crippen LogP contribution in [0.15, 0.2) is 24.3 Å². The Morgan fingerprint density at radius 2 is 0.673 bits per heavy atom. The van der Waals surface area contributed by atoms with Crippen molar-refractivity contribution in [2.75, 3.05) is 52.5 Å². The highest BCUT2D eigenvalue weighted by Gasteiger charge is 2.19. The molecule has 0 radical (unpaired) electrons. The maximum absolute atomic E-state index is 12.9. The van der Waals surface area contributed by atoms with Crippen molar-refractivity contribution in [1.29, 1.82) is 0 Å². The van der Waals surface area contributed by atoms with Gasteiger partial charge in [-0.3, -0.25) is 0 Å². The van der Waals surface area contributed by atoms with Gasteiger partial charge in [0.1, 0.15) is 0 Å². The molecule has 6 heteroatoms. The van der Waals surface area contributed by atoms with Crippen molar-refractivity contribution in [3.05, 3.63) is 35.4 Å². The van der Waals surface area contributed by atoms with Crippen molar-refractivity contribution in [2.45, 2.75) is 195 Å². The minimum atomic E-state index is -0.448. The summed E-state index contributed by atoms with van der Waals surface area (Å²) in [6, 6.07) is 6.88. The van der Waals surface area contributed by atoms with Gasteiger partial charge in [0.15, 0.2) is 0 Å². The first kappa shape index (κ1) is 48.1. The van der Waals surface area contributed by atoms with Crippen molar-refractivity contribution < 1.29 is 19.1 Å². The van der Waals surface area contributed by atoms with E-state index in [0.717, 1.165) is 52.1 Å². The number of carbonyl (C=O) groups excluding carboxylic acids is 2. The van der Waals surface area contributed by atoms with Gasteiger partial charge in [-0.2, -0.15) is 0 Å². The molecule has 302 valence electrons. The minimum Gasteiger partial charge on any atom is -0.462 e. The molecule has 0 fully saturated rings. The largest absolute Gasteiger partial charge is 0.462 e. The summed E-state index contributed by atoms with van der Waals surface area (Å²) >= 11 is 0. The second-order valence-electron chi connectivity index (χ2n) is 15.2. The number of unbranched alkanes of at least 4 members (excludes halogenated alkanes) is 22. The Morgan fingerprint density at radius 1 is 0.404 bits per heavy atom. The Bertz CT molecular complexity index is 879. The molecule has 0 spiro atoms. The Labute approximate surface area is 322 Å². The van der Waals surface area contributed by atoms with Gasteiger partial charge in [0.05, 0.1) is 24.3 Å². The van der Waals surface area contributed by atoms with Crippen LogP contribution in [0.25, 0.3) is 0 Å². The van der Waals surface area contributed by atoms with Crippen LogP contribution in [0.5, 0.6) is 0 Å². The first-order valence-electron chi connectivity index (χ1n) is 22.4. The molecule has 0 saturated carbocycles. The summed E-state index contributed by atoms with van der Waals surface area (Å²) in [5, 5.41) is 0. The van der Waals surface area contributed by atoms with Crippen molar-refractivity contribution in [1.82, 2.24) is 9.80 Å². The third-order valence-electron chi connectivity index (χ3n) is 10.6. The predicted octanol–water partition coefficient (Wildman–Crippen LogP) is 12.8. The maximum atomic E-state index is 12.9. The third-order valence-corrected chi connectivity index (χ3v) is 10.6. The van der Waals surface area contributed by atoms with Crippen LogP contribution < -0.4 is 0 Å². The fourth-order valence-electron chi connectivity index (χ4n) is 7.11. The first-order valence-corrected chi connectivity index (χ1v) is 22.4. The number of rotatable bonds is 38. The molecule has 0 atom stereocenters. The van der Waals surface area contributed by atoms with Crippen LogP contribution in [0.1, 0.15) is 215 Å². The van der Waals surface area contributed by atoms with Crippen molar-refractivity contribution in [2.24, 2.45) is 0 Å². The Morgan fingerprint density at radius 3 is 0.962 bits per heavy atom. The van der Waals surface area contributed by atoms with Crippen molar-refractivity contribution in [3.8, 4) is 0 Å². The molecule has 0 aliphatic rings. The molecule has 0 aliphatic carbocycles. The SMILES string of the molecule is CCCCCCCCCCCCCCN(CC)CCCOC(=O)c1ccccc1C(=O)OCCCN(CC)CCCCCCCCCCCCCC. The Hall–Kier alpha value is -1.92. The van der Waals surface area contributed by atoms with Gasteiger partial charge in [-0.05, 0) is 64.0 Å². The molecule has 0 aliphatic heterocycles. The molecular weight excluding hydrogens is 645 g/mol. The van der Waals surface area contributed by atoms with Gasteiger partial charge in [-0.15, -0.1) is 0 Å². The number of benzene rings is 1. The molecule has 1 aromatic carbocycles.